The van der Waals surface area contributed by atoms with Crippen LogP contribution in [0.25, 0.3) is 6.08 Å². The van der Waals surface area contributed by atoms with E-state index in [1.54, 1.807) is 6.07 Å². The fraction of sp³-hybridized carbons (Fsp3) is 0.526. The van der Waals surface area contributed by atoms with Crippen molar-refractivity contribution in [3.8, 4) is 11.5 Å². The van der Waals surface area contributed by atoms with E-state index < -0.39 is 62.6 Å². The predicted octanol–water partition coefficient (Wildman–Crippen LogP) is -1.87. The quantitative estimate of drug-likeness (QED) is 0.191. The van der Waals surface area contributed by atoms with Crippen molar-refractivity contribution in [1.29, 1.82) is 0 Å². The van der Waals surface area contributed by atoms with Gasteiger partial charge in [-0.15, -0.1) is 0 Å². The molecule has 1 aliphatic rings. The van der Waals surface area contributed by atoms with Crippen molar-refractivity contribution >= 4 is 12.0 Å². The third-order valence-electron chi connectivity index (χ3n) is 4.33. The van der Waals surface area contributed by atoms with Crippen LogP contribution in [0.4, 0.5) is 0 Å². The summed E-state index contributed by atoms with van der Waals surface area (Å²) in [7, 11) is 1.39. The second kappa shape index (κ2) is 11.2. The third-order valence-corrected chi connectivity index (χ3v) is 4.33. The van der Waals surface area contributed by atoms with Gasteiger partial charge in [-0.3, -0.25) is 0 Å². The zero-order valence-corrected chi connectivity index (χ0v) is 16.2. The van der Waals surface area contributed by atoms with Gasteiger partial charge in [0.25, 0.3) is 0 Å². The first-order chi connectivity index (χ1) is 14.3. The summed E-state index contributed by atoms with van der Waals surface area (Å²) < 4.78 is 20.1. The molecule has 6 N–H and O–H groups in total. The number of carbonyl (C=O) groups excluding carboxylic acids is 1. The number of phenolic OH excluding ortho intramolecular Hbond substituents is 1. The number of methoxy groups -OCH3 is 1. The molecule has 1 fully saturated rings. The number of ether oxygens (including phenoxy) is 4. The van der Waals surface area contributed by atoms with Crippen LogP contribution in [0.5, 0.6) is 11.5 Å². The Balaban J connectivity index is 1.77. The van der Waals surface area contributed by atoms with Crippen LogP contribution in [0.2, 0.25) is 0 Å². The van der Waals surface area contributed by atoms with Crippen LogP contribution in [0, 0.1) is 0 Å². The number of aromatic hydroxyl groups is 1. The van der Waals surface area contributed by atoms with Gasteiger partial charge in [-0.05, 0) is 23.8 Å². The Labute approximate surface area is 172 Å². The molecule has 1 saturated heterocycles. The topological polar surface area (TPSA) is 175 Å². The van der Waals surface area contributed by atoms with Crippen LogP contribution >= 0.6 is 0 Å². The van der Waals surface area contributed by atoms with E-state index in [9.17, 15) is 30.3 Å². The summed E-state index contributed by atoms with van der Waals surface area (Å²) in [5, 5.41) is 57.7. The summed E-state index contributed by atoms with van der Waals surface area (Å²) in [5.74, 6) is -0.542. The number of aliphatic hydroxyl groups is 5. The van der Waals surface area contributed by atoms with Gasteiger partial charge < -0.3 is 49.6 Å². The van der Waals surface area contributed by atoms with Crippen LogP contribution in [0.1, 0.15) is 5.56 Å². The summed E-state index contributed by atoms with van der Waals surface area (Å²) in [6, 6.07) is 4.48. The molecule has 0 unspecified atom stereocenters. The maximum atomic E-state index is 11.8. The van der Waals surface area contributed by atoms with Crippen LogP contribution in [0.15, 0.2) is 24.3 Å². The summed E-state index contributed by atoms with van der Waals surface area (Å²) in [4.78, 5) is 11.8. The van der Waals surface area contributed by atoms with Gasteiger partial charge in [0.2, 0.25) is 0 Å². The molecular weight excluding hydrogens is 404 g/mol. The van der Waals surface area contributed by atoms with Crippen molar-refractivity contribution in [2.24, 2.45) is 0 Å². The molecule has 168 valence electrons. The zero-order valence-electron chi connectivity index (χ0n) is 16.2. The lowest BCUT2D eigenvalue weighted by Crippen LogP contribution is -2.59. The first-order valence-corrected chi connectivity index (χ1v) is 9.08. The lowest BCUT2D eigenvalue weighted by molar-refractivity contribution is -0.304. The van der Waals surface area contributed by atoms with Crippen molar-refractivity contribution in [2.45, 2.75) is 36.8 Å². The minimum atomic E-state index is -1.60. The molecule has 0 bridgehead atoms. The first kappa shape index (κ1) is 24.0. The summed E-state index contributed by atoms with van der Waals surface area (Å²) in [6.07, 6.45) is -5.94. The summed E-state index contributed by atoms with van der Waals surface area (Å²) in [6.45, 7) is -1.43. The second-order valence-electron chi connectivity index (χ2n) is 6.58. The maximum absolute atomic E-state index is 11.8. The highest BCUT2D eigenvalue weighted by Gasteiger charge is 2.44. The van der Waals surface area contributed by atoms with E-state index in [0.29, 0.717) is 5.56 Å². The lowest BCUT2D eigenvalue weighted by Gasteiger charge is -2.39. The second-order valence-corrected chi connectivity index (χ2v) is 6.58. The molecule has 1 aliphatic heterocycles. The summed E-state index contributed by atoms with van der Waals surface area (Å²) >= 11 is 0. The zero-order chi connectivity index (χ0) is 22.3. The van der Waals surface area contributed by atoms with Crippen LogP contribution in [0.3, 0.4) is 0 Å². The van der Waals surface area contributed by atoms with Crippen LogP contribution in [-0.2, 0) is 19.0 Å². The number of esters is 1. The maximum Gasteiger partial charge on any atom is 0.330 e. The minimum Gasteiger partial charge on any atom is -0.504 e. The molecule has 0 aromatic heterocycles. The van der Waals surface area contributed by atoms with Crippen LogP contribution < -0.4 is 4.74 Å². The highest BCUT2D eigenvalue weighted by atomic mass is 16.7. The molecule has 30 heavy (non-hydrogen) atoms. The number of hydrogen-bond acceptors (Lipinski definition) is 11. The van der Waals surface area contributed by atoms with E-state index in [-0.39, 0.29) is 11.5 Å². The Morgan fingerprint density at radius 2 is 1.93 bits per heavy atom. The largest absolute Gasteiger partial charge is 0.504 e. The molecule has 1 aromatic rings. The van der Waals surface area contributed by atoms with Gasteiger partial charge in [-0.25, -0.2) is 4.79 Å². The fourth-order valence-electron chi connectivity index (χ4n) is 2.65. The smallest absolute Gasteiger partial charge is 0.330 e. The SMILES string of the molecule is COc1cc(/C=C/C(=O)OC[C@@H](O)CO[C@H]2O[C@H](CO)[C@@H](O)[C@H](O)[C@H]2O)ccc1O. The molecule has 0 aliphatic carbocycles. The van der Waals surface area contributed by atoms with Gasteiger partial charge in [0.1, 0.15) is 37.1 Å². The van der Waals surface area contributed by atoms with Crippen molar-refractivity contribution in [1.82, 2.24) is 0 Å². The molecule has 11 nitrogen and oxygen atoms in total. The monoisotopic (exact) mass is 430 g/mol. The number of benzene rings is 1. The Hall–Kier alpha value is -2.25. The Morgan fingerprint density at radius 3 is 2.60 bits per heavy atom. The van der Waals surface area contributed by atoms with E-state index >= 15 is 0 Å². The van der Waals surface area contributed by atoms with E-state index in [4.69, 9.17) is 24.1 Å². The van der Waals surface area contributed by atoms with E-state index in [1.807, 2.05) is 0 Å². The normalized spacial score (nSPS) is 27.7. The number of phenols is 1. The number of carbonyl (C=O) groups is 1. The van der Waals surface area contributed by atoms with Crippen molar-refractivity contribution in [3.05, 3.63) is 29.8 Å². The Kier molecular flexibility index (Phi) is 8.99. The van der Waals surface area contributed by atoms with Gasteiger partial charge in [-0.1, -0.05) is 6.07 Å². The molecular formula is C19H26O11. The molecule has 0 radical (unpaired) electrons. The number of rotatable bonds is 9. The van der Waals surface area contributed by atoms with Crippen molar-refractivity contribution in [3.63, 3.8) is 0 Å². The average Bonchev–Trinajstić information content (AvgIpc) is 2.75. The highest BCUT2D eigenvalue weighted by molar-refractivity contribution is 5.87. The molecule has 0 amide bonds. The average molecular weight is 430 g/mol. The minimum absolute atomic E-state index is 0.0419. The van der Waals surface area contributed by atoms with Gasteiger partial charge >= 0.3 is 5.97 Å². The Bertz CT molecular complexity index is 720. The van der Waals surface area contributed by atoms with Gasteiger partial charge in [0, 0.05) is 6.08 Å². The predicted molar refractivity (Wildman–Crippen MR) is 100 cm³/mol. The molecule has 0 saturated carbocycles. The van der Waals surface area contributed by atoms with Crippen molar-refractivity contribution in [2.75, 3.05) is 26.9 Å². The highest BCUT2D eigenvalue weighted by Crippen LogP contribution is 2.26. The first-order valence-electron chi connectivity index (χ1n) is 9.08. The third kappa shape index (κ3) is 6.37. The standard InChI is InChI=1S/C19H26O11/c1-27-13-6-10(2-4-12(13)22)3-5-15(23)28-8-11(21)9-29-19-18(26)17(25)16(24)14(7-20)30-19/h2-6,11,14,16-22,24-26H,7-9H2,1H3/b5-3+/t11-,14-,16-,17+,18-,19+/m1/s1. The van der Waals surface area contributed by atoms with E-state index in [2.05, 4.69) is 0 Å². The lowest BCUT2D eigenvalue weighted by atomic mass is 9.99. The molecule has 1 aromatic carbocycles. The Morgan fingerprint density at radius 1 is 1.20 bits per heavy atom. The van der Waals surface area contributed by atoms with Gasteiger partial charge in [0.15, 0.2) is 17.8 Å². The molecule has 2 rings (SSSR count). The number of aliphatic hydroxyl groups excluding tert-OH is 5. The van der Waals surface area contributed by atoms with E-state index in [0.717, 1.165) is 6.08 Å². The number of hydrogen-bond donors (Lipinski definition) is 6. The van der Waals surface area contributed by atoms with E-state index in [1.165, 1.54) is 25.3 Å². The molecule has 11 heteroatoms. The van der Waals surface area contributed by atoms with Crippen molar-refractivity contribution < 1.29 is 54.4 Å². The molecule has 6 atom stereocenters. The van der Waals surface area contributed by atoms with Crippen LogP contribution in [-0.4, -0.2) is 100 Å². The van der Waals surface area contributed by atoms with Gasteiger partial charge in [0.05, 0.1) is 20.3 Å². The molecule has 0 spiro atoms. The fourth-order valence-corrected chi connectivity index (χ4v) is 2.65. The van der Waals surface area contributed by atoms with Gasteiger partial charge in [-0.2, -0.15) is 0 Å². The summed E-state index contributed by atoms with van der Waals surface area (Å²) in [5.41, 5.74) is 0.577. The molecule has 1 heterocycles.